The molecule has 1 N–H and O–H groups in total. The van der Waals surface area contributed by atoms with Crippen molar-refractivity contribution < 1.29 is 18.8 Å². The van der Waals surface area contributed by atoms with E-state index >= 15 is 0 Å². The van der Waals surface area contributed by atoms with E-state index in [0.717, 1.165) is 36.4 Å². The molecule has 5 rings (SSSR count). The summed E-state index contributed by atoms with van der Waals surface area (Å²) < 4.78 is 17.0. The summed E-state index contributed by atoms with van der Waals surface area (Å²) in [7, 11) is 1.63. The van der Waals surface area contributed by atoms with Crippen molar-refractivity contribution in [1.82, 2.24) is 20.4 Å². The molecule has 8 nitrogen and oxygen atoms in total. The van der Waals surface area contributed by atoms with E-state index in [4.69, 9.17) is 37.2 Å². The van der Waals surface area contributed by atoms with Gasteiger partial charge in [0, 0.05) is 29.1 Å². The lowest BCUT2D eigenvalue weighted by Crippen LogP contribution is -2.46. The number of ether oxygens (including phenoxy) is 2. The summed E-state index contributed by atoms with van der Waals surface area (Å²) in [6.07, 6.45) is 2.41. The Morgan fingerprint density at radius 1 is 1.24 bits per heavy atom. The smallest absolute Gasteiger partial charge is 0.241 e. The van der Waals surface area contributed by atoms with Crippen LogP contribution in [0, 0.1) is 5.92 Å². The number of rotatable bonds is 6. The Balaban J connectivity index is 1.24. The molecule has 2 atom stereocenters. The lowest BCUT2D eigenvalue weighted by Gasteiger charge is -2.39. The lowest BCUT2D eigenvalue weighted by molar-refractivity contribution is -0.128. The quantitative estimate of drug-likeness (QED) is 0.426. The molecule has 10 heteroatoms. The van der Waals surface area contributed by atoms with E-state index in [2.05, 4.69) is 20.4 Å². The summed E-state index contributed by atoms with van der Waals surface area (Å²) in [6.45, 7) is 6.01. The molecule has 196 valence electrons. The van der Waals surface area contributed by atoms with Gasteiger partial charge in [0.05, 0.1) is 30.6 Å². The van der Waals surface area contributed by atoms with Crippen molar-refractivity contribution in [2.45, 2.75) is 51.3 Å². The minimum Gasteiger partial charge on any atom is -0.497 e. The van der Waals surface area contributed by atoms with Gasteiger partial charge < -0.3 is 19.3 Å². The second kappa shape index (κ2) is 10.5. The van der Waals surface area contributed by atoms with Crippen molar-refractivity contribution in [1.29, 1.82) is 0 Å². The van der Waals surface area contributed by atoms with E-state index in [0.29, 0.717) is 46.8 Å². The Kier molecular flexibility index (Phi) is 7.34. The van der Waals surface area contributed by atoms with Gasteiger partial charge in [0.25, 0.3) is 0 Å². The summed E-state index contributed by atoms with van der Waals surface area (Å²) in [5, 5.41) is 8.38. The Labute approximate surface area is 226 Å². The van der Waals surface area contributed by atoms with E-state index in [-0.39, 0.29) is 23.5 Å². The monoisotopic (exact) mass is 544 g/mol. The van der Waals surface area contributed by atoms with Crippen molar-refractivity contribution in [3.63, 3.8) is 0 Å². The van der Waals surface area contributed by atoms with Crippen molar-refractivity contribution >= 4 is 29.1 Å². The molecule has 0 radical (unpaired) electrons. The van der Waals surface area contributed by atoms with Gasteiger partial charge in [-0.05, 0) is 69.6 Å². The normalized spacial score (nSPS) is 21.1. The molecule has 3 aromatic rings. The predicted molar refractivity (Wildman–Crippen MR) is 141 cm³/mol. The molecular weight excluding hydrogens is 515 g/mol. The largest absolute Gasteiger partial charge is 0.497 e. The molecule has 1 fully saturated rings. The second-order valence-corrected chi connectivity index (χ2v) is 11.1. The molecule has 0 spiro atoms. The van der Waals surface area contributed by atoms with Crippen LogP contribution in [0.4, 0.5) is 0 Å². The number of carbonyl (C=O) groups is 1. The number of carbonyl (C=O) groups excluding carboxylic acids is 1. The van der Waals surface area contributed by atoms with Crippen LogP contribution >= 0.6 is 23.2 Å². The van der Waals surface area contributed by atoms with Crippen LogP contribution in [0.5, 0.6) is 11.5 Å². The molecule has 2 aromatic carbocycles. The SMILES string of the molecule is COc1ccc2c(c1)C(NC(=O)C1CCCN(Cc3nc(-c4ccc(Cl)cc4Cl)no3)C1)CC(C)(C)O2. The van der Waals surface area contributed by atoms with Crippen LogP contribution in [0.3, 0.4) is 0 Å². The molecule has 0 saturated carbocycles. The van der Waals surface area contributed by atoms with Gasteiger partial charge in [-0.3, -0.25) is 9.69 Å². The number of fused-ring (bicyclic) bond motifs is 1. The molecule has 1 aromatic heterocycles. The van der Waals surface area contributed by atoms with Gasteiger partial charge in [-0.15, -0.1) is 0 Å². The Morgan fingerprint density at radius 2 is 2.08 bits per heavy atom. The third kappa shape index (κ3) is 5.87. The molecule has 0 bridgehead atoms. The van der Waals surface area contributed by atoms with Crippen molar-refractivity contribution in [3.8, 4) is 22.9 Å². The molecule has 2 aliphatic rings. The number of amides is 1. The van der Waals surface area contributed by atoms with Gasteiger partial charge in [-0.2, -0.15) is 4.98 Å². The van der Waals surface area contributed by atoms with Crippen molar-refractivity contribution in [2.24, 2.45) is 5.92 Å². The molecule has 0 aliphatic carbocycles. The van der Waals surface area contributed by atoms with Gasteiger partial charge >= 0.3 is 0 Å². The third-order valence-electron chi connectivity index (χ3n) is 6.87. The predicted octanol–water partition coefficient (Wildman–Crippen LogP) is 5.68. The van der Waals surface area contributed by atoms with E-state index in [1.165, 1.54) is 0 Å². The fraction of sp³-hybridized carbons (Fsp3) is 0.444. The lowest BCUT2D eigenvalue weighted by atomic mass is 9.88. The van der Waals surface area contributed by atoms with Crippen LogP contribution in [-0.2, 0) is 11.3 Å². The molecule has 1 amide bonds. The zero-order valence-corrected chi connectivity index (χ0v) is 22.6. The standard InChI is InChI=1S/C27H30Cl2N4O4/c1-27(2)13-22(20-12-18(35-3)7-9-23(20)36-27)30-26(34)16-5-4-10-33(14-16)15-24-31-25(32-37-24)19-8-6-17(28)11-21(19)29/h6-9,11-12,16,22H,4-5,10,13-15H2,1-3H3,(H,30,34). The van der Waals surface area contributed by atoms with Gasteiger partial charge in [0.15, 0.2) is 0 Å². The molecule has 37 heavy (non-hydrogen) atoms. The first-order chi connectivity index (χ1) is 17.7. The van der Waals surface area contributed by atoms with E-state index in [9.17, 15) is 4.79 Å². The maximum atomic E-state index is 13.4. The van der Waals surface area contributed by atoms with Crippen LogP contribution in [0.2, 0.25) is 10.0 Å². The minimum absolute atomic E-state index is 0.0420. The van der Waals surface area contributed by atoms with Crippen LogP contribution in [0.1, 0.15) is 50.6 Å². The number of nitrogens with one attached hydrogen (secondary N) is 1. The van der Waals surface area contributed by atoms with E-state index < -0.39 is 0 Å². The van der Waals surface area contributed by atoms with Crippen LogP contribution in [-0.4, -0.2) is 46.7 Å². The highest BCUT2D eigenvalue weighted by atomic mass is 35.5. The maximum absolute atomic E-state index is 13.4. The first-order valence-corrected chi connectivity index (χ1v) is 13.1. The zero-order chi connectivity index (χ0) is 26.2. The second-order valence-electron chi connectivity index (χ2n) is 10.2. The molecule has 1 saturated heterocycles. The Morgan fingerprint density at radius 3 is 2.86 bits per heavy atom. The summed E-state index contributed by atoms with van der Waals surface area (Å²) in [4.78, 5) is 20.1. The summed E-state index contributed by atoms with van der Waals surface area (Å²) in [6, 6.07) is 10.7. The van der Waals surface area contributed by atoms with E-state index in [1.54, 1.807) is 25.3 Å². The van der Waals surface area contributed by atoms with Crippen LogP contribution in [0.15, 0.2) is 40.9 Å². The molecule has 3 heterocycles. The average Bonchev–Trinajstić information content (AvgIpc) is 3.31. The number of methoxy groups -OCH3 is 1. The highest BCUT2D eigenvalue weighted by Gasteiger charge is 2.36. The number of hydrogen-bond donors (Lipinski definition) is 1. The number of halogens is 2. The number of hydrogen-bond acceptors (Lipinski definition) is 7. The van der Waals surface area contributed by atoms with E-state index in [1.807, 2.05) is 32.0 Å². The summed E-state index contributed by atoms with van der Waals surface area (Å²) >= 11 is 12.3. The molecule has 2 aliphatic heterocycles. The molecule has 2 unspecified atom stereocenters. The van der Waals surface area contributed by atoms with Crippen LogP contribution < -0.4 is 14.8 Å². The zero-order valence-electron chi connectivity index (χ0n) is 21.1. The fourth-order valence-corrected chi connectivity index (χ4v) is 5.57. The van der Waals surface area contributed by atoms with Gasteiger partial charge in [0.2, 0.25) is 17.6 Å². The highest BCUT2D eigenvalue weighted by molar-refractivity contribution is 6.36. The summed E-state index contributed by atoms with van der Waals surface area (Å²) in [5.74, 6) is 2.32. The number of piperidine rings is 1. The van der Waals surface area contributed by atoms with Gasteiger partial charge in [-0.1, -0.05) is 28.4 Å². The minimum atomic E-state index is -0.388. The number of nitrogens with zero attached hydrogens (tertiary/aromatic N) is 3. The average molecular weight is 545 g/mol. The molecular formula is C27H30Cl2N4O4. The van der Waals surface area contributed by atoms with Crippen molar-refractivity contribution in [3.05, 3.63) is 57.9 Å². The van der Waals surface area contributed by atoms with Gasteiger partial charge in [-0.25, -0.2) is 0 Å². The Bertz CT molecular complexity index is 1300. The van der Waals surface area contributed by atoms with Crippen molar-refractivity contribution in [2.75, 3.05) is 20.2 Å². The fourth-order valence-electron chi connectivity index (χ4n) is 5.08. The maximum Gasteiger partial charge on any atom is 0.241 e. The highest BCUT2D eigenvalue weighted by Crippen LogP contribution is 2.41. The topological polar surface area (TPSA) is 89.7 Å². The number of benzene rings is 2. The number of aromatic nitrogens is 2. The first-order valence-electron chi connectivity index (χ1n) is 12.4. The Hall–Kier alpha value is -2.81. The van der Waals surface area contributed by atoms with Gasteiger partial charge in [0.1, 0.15) is 17.1 Å². The first kappa shape index (κ1) is 25.8. The summed E-state index contributed by atoms with van der Waals surface area (Å²) in [5.41, 5.74) is 1.22. The van der Waals surface area contributed by atoms with Crippen LogP contribution in [0.25, 0.3) is 11.4 Å². The third-order valence-corrected chi connectivity index (χ3v) is 7.41. The number of likely N-dealkylation sites (tertiary alicyclic amines) is 1.